The van der Waals surface area contributed by atoms with Crippen LogP contribution in [-0.4, -0.2) is 37.9 Å². The molecule has 120 valence electrons. The van der Waals surface area contributed by atoms with Gasteiger partial charge in [0, 0.05) is 16.7 Å². The van der Waals surface area contributed by atoms with Crippen molar-refractivity contribution in [3.63, 3.8) is 0 Å². The van der Waals surface area contributed by atoms with E-state index >= 15 is 0 Å². The zero-order chi connectivity index (χ0) is 16.4. The average Bonchev–Trinajstić information content (AvgIpc) is 3.15. The van der Waals surface area contributed by atoms with E-state index in [0.717, 1.165) is 27.3 Å². The molecular weight excluding hydrogens is 312 g/mol. The minimum absolute atomic E-state index is 0.0404. The van der Waals surface area contributed by atoms with Gasteiger partial charge in [-0.2, -0.15) is 10.1 Å². The molecule has 0 unspecified atom stereocenters. The number of hydrogen-bond donors (Lipinski definition) is 1. The first-order valence-electron chi connectivity index (χ1n) is 7.26. The molecule has 6 nitrogen and oxygen atoms in total. The summed E-state index contributed by atoms with van der Waals surface area (Å²) in [5.74, 6) is 1.01. The highest BCUT2D eigenvalue weighted by atomic mass is 32.2. The van der Waals surface area contributed by atoms with E-state index in [9.17, 15) is 0 Å². The highest BCUT2D eigenvalue weighted by Crippen LogP contribution is 2.29. The Morgan fingerprint density at radius 1 is 1.26 bits per heavy atom. The number of nitrogens with zero attached hydrogens (tertiary/aromatic N) is 4. The van der Waals surface area contributed by atoms with E-state index < -0.39 is 0 Å². The van der Waals surface area contributed by atoms with Crippen LogP contribution in [0.25, 0.3) is 22.8 Å². The third-order valence-electron chi connectivity index (χ3n) is 3.62. The first-order chi connectivity index (χ1) is 11.1. The van der Waals surface area contributed by atoms with Gasteiger partial charge in [0.1, 0.15) is 0 Å². The maximum Gasteiger partial charge on any atom is 0.258 e. The Bertz CT molecular complexity index is 825. The van der Waals surface area contributed by atoms with Crippen molar-refractivity contribution < 1.29 is 9.63 Å². The third-order valence-corrected chi connectivity index (χ3v) is 4.34. The number of hydrogen-bond acceptors (Lipinski definition) is 6. The van der Waals surface area contributed by atoms with Gasteiger partial charge >= 0.3 is 0 Å². The fourth-order valence-corrected chi connectivity index (χ4v) is 2.79. The molecule has 0 spiro atoms. The van der Waals surface area contributed by atoms with Gasteiger partial charge in [-0.15, -0.1) is 11.8 Å². The normalized spacial score (nSPS) is 11.1. The van der Waals surface area contributed by atoms with Gasteiger partial charge < -0.3 is 9.63 Å². The molecular formula is C16H18N4O2S. The minimum Gasteiger partial charge on any atom is -0.394 e. The largest absolute Gasteiger partial charge is 0.394 e. The van der Waals surface area contributed by atoms with Crippen LogP contribution >= 0.6 is 11.8 Å². The van der Waals surface area contributed by atoms with Crippen LogP contribution in [-0.2, 0) is 6.54 Å². The molecule has 0 saturated heterocycles. The highest BCUT2D eigenvalue weighted by Gasteiger charge is 2.16. The van der Waals surface area contributed by atoms with Crippen LogP contribution in [0.15, 0.2) is 33.8 Å². The number of aryl methyl sites for hydroxylation is 2. The number of rotatable bonds is 5. The standard InChI is InChI=1S/C16H18N4O2S/c1-10-4-5-12(23-3)8-13(10)16-17-15(19-22-16)14-9-20(6-7-21)18-11(14)2/h4-5,8-9,21H,6-7H2,1-3H3. The lowest BCUT2D eigenvalue weighted by atomic mass is 10.1. The van der Waals surface area contributed by atoms with Crippen molar-refractivity contribution in [3.05, 3.63) is 35.7 Å². The van der Waals surface area contributed by atoms with E-state index in [2.05, 4.69) is 33.4 Å². The first kappa shape index (κ1) is 15.8. The van der Waals surface area contributed by atoms with Crippen molar-refractivity contribution in [2.75, 3.05) is 12.9 Å². The first-order valence-corrected chi connectivity index (χ1v) is 8.49. The predicted octanol–water partition coefficient (Wildman–Crippen LogP) is 2.93. The SMILES string of the molecule is CSc1ccc(C)c(-c2nc(-c3cn(CCO)nc3C)no2)c1. The van der Waals surface area contributed by atoms with Crippen molar-refractivity contribution >= 4 is 11.8 Å². The summed E-state index contributed by atoms with van der Waals surface area (Å²) in [4.78, 5) is 5.67. The highest BCUT2D eigenvalue weighted by molar-refractivity contribution is 7.98. The van der Waals surface area contributed by atoms with Gasteiger partial charge in [-0.25, -0.2) is 0 Å². The molecule has 2 aromatic heterocycles. The predicted molar refractivity (Wildman–Crippen MR) is 89.3 cm³/mol. The Labute approximate surface area is 138 Å². The lowest BCUT2D eigenvalue weighted by Crippen LogP contribution is -2.02. The van der Waals surface area contributed by atoms with Crippen LogP contribution in [0.2, 0.25) is 0 Å². The Morgan fingerprint density at radius 3 is 2.83 bits per heavy atom. The van der Waals surface area contributed by atoms with Crippen LogP contribution in [0.3, 0.4) is 0 Å². The van der Waals surface area contributed by atoms with Crippen LogP contribution in [0, 0.1) is 13.8 Å². The molecule has 0 amide bonds. The van der Waals surface area contributed by atoms with Gasteiger partial charge in [-0.3, -0.25) is 4.68 Å². The van der Waals surface area contributed by atoms with E-state index in [1.165, 1.54) is 0 Å². The lowest BCUT2D eigenvalue weighted by molar-refractivity contribution is 0.269. The van der Waals surface area contributed by atoms with Crippen molar-refractivity contribution in [1.82, 2.24) is 19.9 Å². The van der Waals surface area contributed by atoms with Gasteiger partial charge in [0.25, 0.3) is 5.89 Å². The van der Waals surface area contributed by atoms with Gasteiger partial charge in [0.2, 0.25) is 5.82 Å². The second kappa shape index (κ2) is 6.55. The second-order valence-corrected chi connectivity index (χ2v) is 6.10. The van der Waals surface area contributed by atoms with E-state index in [1.54, 1.807) is 16.4 Å². The summed E-state index contributed by atoms with van der Waals surface area (Å²) < 4.78 is 7.13. The Morgan fingerprint density at radius 2 is 2.09 bits per heavy atom. The molecule has 0 aliphatic carbocycles. The molecule has 0 atom stereocenters. The number of aliphatic hydroxyl groups excluding tert-OH is 1. The summed E-state index contributed by atoms with van der Waals surface area (Å²) in [7, 11) is 0. The summed E-state index contributed by atoms with van der Waals surface area (Å²) in [5, 5.41) is 17.4. The number of aromatic nitrogens is 4. The van der Waals surface area contributed by atoms with Crippen molar-refractivity contribution in [1.29, 1.82) is 0 Å². The van der Waals surface area contributed by atoms with E-state index in [-0.39, 0.29) is 6.61 Å². The number of thioether (sulfide) groups is 1. The molecule has 0 aliphatic heterocycles. The van der Waals surface area contributed by atoms with Crippen molar-refractivity contribution in [2.24, 2.45) is 0 Å². The van der Waals surface area contributed by atoms with Crippen molar-refractivity contribution in [2.45, 2.75) is 25.3 Å². The van der Waals surface area contributed by atoms with Gasteiger partial charge in [0.15, 0.2) is 0 Å². The fraction of sp³-hybridized carbons (Fsp3) is 0.312. The third kappa shape index (κ3) is 3.16. The molecule has 0 radical (unpaired) electrons. The molecule has 7 heteroatoms. The number of aliphatic hydroxyl groups is 1. The molecule has 0 aliphatic rings. The smallest absolute Gasteiger partial charge is 0.258 e. The summed E-state index contributed by atoms with van der Waals surface area (Å²) in [6.45, 7) is 4.39. The lowest BCUT2D eigenvalue weighted by Gasteiger charge is -2.02. The molecule has 3 rings (SSSR count). The quantitative estimate of drug-likeness (QED) is 0.725. The summed E-state index contributed by atoms with van der Waals surface area (Å²) in [6, 6.07) is 6.18. The molecule has 0 saturated carbocycles. The molecule has 1 N–H and O–H groups in total. The molecule has 0 bridgehead atoms. The maximum absolute atomic E-state index is 9.01. The summed E-state index contributed by atoms with van der Waals surface area (Å²) in [5.41, 5.74) is 3.65. The van der Waals surface area contributed by atoms with E-state index in [4.69, 9.17) is 9.63 Å². The second-order valence-electron chi connectivity index (χ2n) is 5.22. The fourth-order valence-electron chi connectivity index (χ4n) is 2.36. The average molecular weight is 330 g/mol. The van der Waals surface area contributed by atoms with Gasteiger partial charge in [-0.05, 0) is 37.8 Å². The Balaban J connectivity index is 1.98. The van der Waals surface area contributed by atoms with Gasteiger partial charge in [-0.1, -0.05) is 11.2 Å². The molecule has 0 fully saturated rings. The maximum atomic E-state index is 9.01. The monoisotopic (exact) mass is 330 g/mol. The Hall–Kier alpha value is -2.12. The van der Waals surface area contributed by atoms with Crippen LogP contribution in [0.1, 0.15) is 11.3 Å². The molecule has 3 aromatic rings. The molecule has 23 heavy (non-hydrogen) atoms. The van der Waals surface area contributed by atoms with Crippen LogP contribution in [0.4, 0.5) is 0 Å². The minimum atomic E-state index is 0.0404. The molecule has 1 aromatic carbocycles. The van der Waals surface area contributed by atoms with Gasteiger partial charge in [0.05, 0.1) is 24.4 Å². The summed E-state index contributed by atoms with van der Waals surface area (Å²) in [6.07, 6.45) is 3.86. The summed E-state index contributed by atoms with van der Waals surface area (Å²) >= 11 is 1.67. The van der Waals surface area contributed by atoms with E-state index in [1.807, 2.05) is 26.3 Å². The zero-order valence-corrected chi connectivity index (χ0v) is 14.1. The van der Waals surface area contributed by atoms with Crippen LogP contribution < -0.4 is 0 Å². The van der Waals surface area contributed by atoms with E-state index in [0.29, 0.717) is 18.3 Å². The van der Waals surface area contributed by atoms with Crippen LogP contribution in [0.5, 0.6) is 0 Å². The zero-order valence-electron chi connectivity index (χ0n) is 13.3. The number of benzene rings is 1. The topological polar surface area (TPSA) is 77.0 Å². The molecule has 2 heterocycles. The van der Waals surface area contributed by atoms with Crippen molar-refractivity contribution in [3.8, 4) is 22.8 Å². The Kier molecular flexibility index (Phi) is 4.49.